The van der Waals surface area contributed by atoms with Crippen molar-refractivity contribution in [3.05, 3.63) is 6.43 Å². The van der Waals surface area contributed by atoms with E-state index in [1.807, 2.05) is 0 Å². The third-order valence-electron chi connectivity index (χ3n) is 0.214. The first kappa shape index (κ1) is 86.5. The maximum Gasteiger partial charge on any atom is 4.00 e. The van der Waals surface area contributed by atoms with E-state index < -0.39 is 67.5 Å². The molecule has 17 heteroatoms. The molecule has 0 aromatic heterocycles. The number of alkyl halides is 3. The van der Waals surface area contributed by atoms with E-state index >= 15 is 0 Å². The van der Waals surface area contributed by atoms with Crippen molar-refractivity contribution in [1.29, 1.82) is 0 Å². The fourth-order valence-corrected chi connectivity index (χ4v) is 0. The second-order valence-corrected chi connectivity index (χ2v) is 10.2. The molecule has 46 heavy (non-hydrogen) atoms. The second kappa shape index (κ2) is 68.9. The van der Waals surface area contributed by atoms with Crippen molar-refractivity contribution in [2.75, 3.05) is 0 Å². The van der Waals surface area contributed by atoms with E-state index in [4.69, 9.17) is 0 Å². The van der Waals surface area contributed by atoms with Crippen LogP contribution in [0, 0.1) is 6.43 Å². The van der Waals surface area contributed by atoms with Gasteiger partial charge in [-0.05, 0) is 0 Å². The molecule has 0 amide bonds. The minimum atomic E-state index is -5.42. The molecule has 0 rings (SSSR count). The number of hydrogen-bond donors (Lipinski definition) is 0. The van der Waals surface area contributed by atoms with Crippen LogP contribution in [0.3, 0.4) is 0 Å². The zero-order valence-corrected chi connectivity index (χ0v) is 40.4. The van der Waals surface area contributed by atoms with Gasteiger partial charge in [-0.1, -0.05) is 125 Å². The molecule has 0 fully saturated rings. The van der Waals surface area contributed by atoms with Crippen molar-refractivity contribution in [2.45, 2.75) is 186 Å². The van der Waals surface area contributed by atoms with Crippen molar-refractivity contribution < 1.29 is 148 Å². The van der Waals surface area contributed by atoms with Gasteiger partial charge in [0, 0.05) is 0 Å². The second-order valence-electron chi connectivity index (χ2n) is 10.2. The normalized spacial score (nSPS) is 9.00. The van der Waals surface area contributed by atoms with Gasteiger partial charge in [-0.15, -0.1) is 54.9 Å². The monoisotopic (exact) mass is 944 g/mol. The van der Waals surface area contributed by atoms with E-state index in [9.17, 15) is 67.9 Å². The number of halogens is 5. The molecule has 0 aromatic rings. The van der Waals surface area contributed by atoms with Gasteiger partial charge in [0.2, 0.25) is 0 Å². The Morgan fingerprint density at radius 3 is 0.348 bits per heavy atom. The van der Waals surface area contributed by atoms with Crippen LogP contribution in [0.15, 0.2) is 0 Å². The molecule has 0 aliphatic heterocycles. The summed E-state index contributed by atoms with van der Waals surface area (Å²) < 4.78 is 51.8. The van der Waals surface area contributed by atoms with Crippen molar-refractivity contribution in [2.24, 2.45) is 0 Å². The van der Waals surface area contributed by atoms with Crippen molar-refractivity contribution in [3.8, 4) is 0 Å². The summed E-state index contributed by atoms with van der Waals surface area (Å²) in [6, 6.07) is 0. The van der Waals surface area contributed by atoms with Gasteiger partial charge >= 0.3 is 85.9 Å². The average molecular weight is 946 g/mol. The van der Waals surface area contributed by atoms with E-state index in [0.717, 1.165) is 0 Å². The molecular weight excluding hydrogens is 882 g/mol. The summed E-state index contributed by atoms with van der Waals surface area (Å²) in [6.07, 6.45) is -12.7. The molecular formula is C29H63CdF5O9Zr2. The van der Waals surface area contributed by atoms with E-state index in [0.29, 0.717) is 0 Å². The van der Waals surface area contributed by atoms with Crippen LogP contribution in [0.25, 0.3) is 0 Å². The molecule has 0 aromatic carbocycles. The van der Waals surface area contributed by atoms with E-state index in [2.05, 4.69) is 0 Å². The molecule has 0 N–H and O–H groups in total. The minimum Gasteiger partial charge on any atom is -0.852 e. The Hall–Kier alpha value is 1.98. The fourth-order valence-electron chi connectivity index (χ4n) is 0. The quantitative estimate of drug-likeness (QED) is 0.178. The molecule has 0 unspecified atom stereocenters. The molecule has 0 aliphatic rings. The van der Waals surface area contributed by atoms with Crippen molar-refractivity contribution >= 4 is 0 Å². The summed E-state index contributed by atoms with van der Waals surface area (Å²) in [5.74, 6) is 0. The molecule has 0 radical (unpaired) electrons. The molecule has 9 nitrogen and oxygen atoms in total. The molecule has 0 spiro atoms. The van der Waals surface area contributed by atoms with Crippen LogP contribution >= 0.6 is 0 Å². The maximum atomic E-state index is 10.4. The van der Waals surface area contributed by atoms with Crippen LogP contribution in [-0.2, 0) is 79.7 Å². The predicted octanol–water partition coefficient (Wildman–Crippen LogP) is -0.234. The third kappa shape index (κ3) is 1460. The van der Waals surface area contributed by atoms with Gasteiger partial charge < -0.3 is 54.7 Å². The van der Waals surface area contributed by atoms with Crippen molar-refractivity contribution in [1.82, 2.24) is 0 Å². The first-order valence-electron chi connectivity index (χ1n) is 13.7. The Labute approximate surface area is 337 Å². The van der Waals surface area contributed by atoms with Gasteiger partial charge in [0.25, 0.3) is 0 Å². The van der Waals surface area contributed by atoms with E-state index in [-0.39, 0.29) is 79.7 Å². The van der Waals surface area contributed by atoms with Gasteiger partial charge in [-0.3, -0.25) is 0 Å². The molecule has 0 atom stereocenters. The molecule has 0 bridgehead atoms. The Bertz CT molecular complexity index is 303. The van der Waals surface area contributed by atoms with Gasteiger partial charge in [-0.2, -0.15) is 0 Å². The van der Waals surface area contributed by atoms with Crippen LogP contribution in [0.5, 0.6) is 0 Å². The average Bonchev–Trinajstić information content (AvgIpc) is 2.55. The SMILES string of the molecule is CC(C)[O-].CC(C)[O-].CC(C)[O-].CC(C)[O-].CC(C)[O-].CC(C)[O-].CC(C)[O-].CC(C)[O-].CC(C)[O-].F[C-](F)C(F)(F)F.[Cd+2].[Zr+4].[Zr+4]. The standard InChI is InChI=1S/9C3H7O.C2F5.Cd.2Zr/c9*1-3(2)4;3-1(4)2(5,6)7;;;/h9*3H,1-2H3;;;;/q10*-1;+2;2*+4. The van der Waals surface area contributed by atoms with Gasteiger partial charge in [-0.25, -0.2) is 13.2 Å². The smallest absolute Gasteiger partial charge is 0.852 e. The third-order valence-corrected chi connectivity index (χ3v) is 0.214. The Kier molecular flexibility index (Phi) is 130. The topological polar surface area (TPSA) is 208 Å². The molecule has 0 aliphatic carbocycles. The zero-order chi connectivity index (χ0) is 38.3. The molecule has 0 heterocycles. The van der Waals surface area contributed by atoms with Gasteiger partial charge in [0.15, 0.2) is 0 Å². The summed E-state index contributed by atoms with van der Waals surface area (Å²) in [5, 5.41) is 85.8. The Balaban J connectivity index is -0.0000000239. The summed E-state index contributed by atoms with van der Waals surface area (Å²) >= 11 is 0. The predicted molar refractivity (Wildman–Crippen MR) is 148 cm³/mol. The fraction of sp³-hybridized carbons (Fsp3) is 0.966. The van der Waals surface area contributed by atoms with Crippen LogP contribution in [-0.4, -0.2) is 61.1 Å². The summed E-state index contributed by atoms with van der Waals surface area (Å²) in [5.41, 5.74) is 0. The first-order valence-corrected chi connectivity index (χ1v) is 13.7. The first-order chi connectivity index (χ1) is 18.5. The summed E-state index contributed by atoms with van der Waals surface area (Å²) in [6.45, 7) is 29.0. The van der Waals surface area contributed by atoms with Crippen LogP contribution < -0.4 is 46.0 Å². The summed E-state index contributed by atoms with van der Waals surface area (Å²) in [4.78, 5) is 0. The summed E-state index contributed by atoms with van der Waals surface area (Å²) in [7, 11) is 0. The van der Waals surface area contributed by atoms with Crippen LogP contribution in [0.2, 0.25) is 0 Å². The molecule has 0 saturated heterocycles. The van der Waals surface area contributed by atoms with Gasteiger partial charge in [0.1, 0.15) is 6.43 Å². The molecule has 0 saturated carbocycles. The number of rotatable bonds is 0. The van der Waals surface area contributed by atoms with E-state index in [1.54, 1.807) is 125 Å². The van der Waals surface area contributed by atoms with Crippen LogP contribution in [0.1, 0.15) is 125 Å². The largest absolute Gasteiger partial charge is 4.00 e. The Morgan fingerprint density at radius 2 is 0.348 bits per heavy atom. The minimum absolute atomic E-state index is 0. The van der Waals surface area contributed by atoms with E-state index in [1.165, 1.54) is 0 Å². The van der Waals surface area contributed by atoms with Crippen LogP contribution in [0.4, 0.5) is 22.0 Å². The Morgan fingerprint density at radius 1 is 0.326 bits per heavy atom. The molecule has 278 valence electrons. The van der Waals surface area contributed by atoms with Crippen molar-refractivity contribution in [3.63, 3.8) is 0 Å². The van der Waals surface area contributed by atoms with Gasteiger partial charge in [0.05, 0.1) is 0 Å². The number of hydrogen-bond acceptors (Lipinski definition) is 9. The maximum absolute atomic E-state index is 10.4. The zero-order valence-electron chi connectivity index (χ0n) is 31.5.